The molecule has 0 aliphatic carbocycles. The summed E-state index contributed by atoms with van der Waals surface area (Å²) in [6, 6.07) is 4.65. The first-order chi connectivity index (χ1) is 8.06. The molecular formula is C13H17N3O. The third-order valence-corrected chi connectivity index (χ3v) is 3.67. The Labute approximate surface area is 99.9 Å². The molecule has 17 heavy (non-hydrogen) atoms. The van der Waals surface area contributed by atoms with Crippen molar-refractivity contribution < 1.29 is 0 Å². The number of hydrogen-bond donors (Lipinski definition) is 1. The van der Waals surface area contributed by atoms with Crippen LogP contribution in [0.1, 0.15) is 11.1 Å². The van der Waals surface area contributed by atoms with E-state index in [1.54, 1.807) is 0 Å². The number of nitrogens with one attached hydrogen (secondary N) is 1. The predicted molar refractivity (Wildman–Crippen MR) is 68.5 cm³/mol. The summed E-state index contributed by atoms with van der Waals surface area (Å²) in [7, 11) is 4.14. The molecule has 3 rings (SSSR count). The highest BCUT2D eigenvalue weighted by Gasteiger charge is 2.24. The molecule has 0 fully saturated rings. The van der Waals surface area contributed by atoms with Gasteiger partial charge in [-0.05, 0) is 44.6 Å². The van der Waals surface area contributed by atoms with Gasteiger partial charge in [-0.2, -0.15) is 0 Å². The van der Waals surface area contributed by atoms with Gasteiger partial charge in [0.2, 0.25) is 0 Å². The van der Waals surface area contributed by atoms with Crippen molar-refractivity contribution in [2.24, 2.45) is 0 Å². The van der Waals surface area contributed by atoms with E-state index in [0.29, 0.717) is 6.04 Å². The number of aryl methyl sites for hydroxylation is 1. The van der Waals surface area contributed by atoms with Crippen molar-refractivity contribution in [1.29, 1.82) is 0 Å². The lowest BCUT2D eigenvalue weighted by Crippen LogP contribution is -2.39. The first-order valence-electron chi connectivity index (χ1n) is 5.94. The summed E-state index contributed by atoms with van der Waals surface area (Å²) in [6.07, 6.45) is 1.02. The molecule has 0 saturated heterocycles. The molecule has 2 aromatic rings. The molecule has 0 saturated carbocycles. The van der Waals surface area contributed by atoms with Gasteiger partial charge < -0.3 is 9.88 Å². The Bertz CT molecular complexity index is 636. The summed E-state index contributed by atoms with van der Waals surface area (Å²) in [4.78, 5) is 17.1. The fraction of sp³-hybridized carbons (Fsp3) is 0.462. The van der Waals surface area contributed by atoms with Gasteiger partial charge in [0.15, 0.2) is 0 Å². The van der Waals surface area contributed by atoms with Crippen LogP contribution in [0.5, 0.6) is 0 Å². The SMILES string of the molecule is Cc1cc2c3c(c1)[nH]c(=O)n3CC(N(C)C)C2. The van der Waals surface area contributed by atoms with Gasteiger partial charge in [-0.25, -0.2) is 4.79 Å². The molecule has 0 amide bonds. The average molecular weight is 231 g/mol. The molecule has 0 spiro atoms. The zero-order chi connectivity index (χ0) is 12.2. The van der Waals surface area contributed by atoms with Gasteiger partial charge in [0, 0.05) is 12.6 Å². The lowest BCUT2D eigenvalue weighted by atomic mass is 9.98. The van der Waals surface area contributed by atoms with E-state index in [4.69, 9.17) is 0 Å². The number of aromatic nitrogens is 2. The van der Waals surface area contributed by atoms with Crippen LogP contribution >= 0.6 is 0 Å². The molecule has 2 heterocycles. The molecule has 4 heteroatoms. The van der Waals surface area contributed by atoms with E-state index in [0.717, 1.165) is 24.0 Å². The molecule has 1 unspecified atom stereocenters. The molecule has 1 aliphatic rings. The number of nitrogens with zero attached hydrogens (tertiary/aromatic N) is 2. The van der Waals surface area contributed by atoms with Gasteiger partial charge in [-0.3, -0.25) is 4.57 Å². The second-order valence-corrected chi connectivity index (χ2v) is 5.18. The van der Waals surface area contributed by atoms with Gasteiger partial charge in [0.25, 0.3) is 0 Å². The van der Waals surface area contributed by atoms with Crippen LogP contribution in [0.3, 0.4) is 0 Å². The lowest BCUT2D eigenvalue weighted by molar-refractivity contribution is 0.256. The van der Waals surface area contributed by atoms with Crippen molar-refractivity contribution in [2.75, 3.05) is 14.1 Å². The second kappa shape index (κ2) is 3.47. The Morgan fingerprint density at radius 1 is 1.41 bits per heavy atom. The van der Waals surface area contributed by atoms with Crippen LogP contribution in [-0.2, 0) is 13.0 Å². The molecule has 1 aliphatic heterocycles. The first kappa shape index (κ1) is 10.6. The van der Waals surface area contributed by atoms with Crippen LogP contribution < -0.4 is 5.69 Å². The van der Waals surface area contributed by atoms with Crippen molar-refractivity contribution in [3.05, 3.63) is 33.7 Å². The largest absolute Gasteiger partial charge is 0.326 e. The maximum Gasteiger partial charge on any atom is 0.326 e. The van der Waals surface area contributed by atoms with Crippen LogP contribution in [-0.4, -0.2) is 34.6 Å². The topological polar surface area (TPSA) is 41.0 Å². The van der Waals surface area contributed by atoms with Gasteiger partial charge in [0.1, 0.15) is 0 Å². The number of hydrogen-bond acceptors (Lipinski definition) is 2. The maximum atomic E-state index is 11.9. The molecule has 4 nitrogen and oxygen atoms in total. The van der Waals surface area contributed by atoms with Crippen molar-refractivity contribution in [3.8, 4) is 0 Å². The van der Waals surface area contributed by atoms with Crippen LogP contribution in [0.2, 0.25) is 0 Å². The summed E-state index contributed by atoms with van der Waals surface area (Å²) in [6.45, 7) is 2.85. The summed E-state index contributed by atoms with van der Waals surface area (Å²) >= 11 is 0. The van der Waals surface area contributed by atoms with Gasteiger partial charge in [0.05, 0.1) is 11.0 Å². The highest BCUT2D eigenvalue weighted by Crippen LogP contribution is 2.25. The van der Waals surface area contributed by atoms with Crippen LogP contribution in [0.4, 0.5) is 0 Å². The average Bonchev–Trinajstić information content (AvgIpc) is 2.56. The van der Waals surface area contributed by atoms with E-state index in [1.807, 2.05) is 10.6 Å². The Morgan fingerprint density at radius 2 is 2.18 bits per heavy atom. The van der Waals surface area contributed by atoms with Crippen molar-refractivity contribution in [3.63, 3.8) is 0 Å². The number of imidazole rings is 1. The third-order valence-electron chi connectivity index (χ3n) is 3.67. The zero-order valence-corrected chi connectivity index (χ0v) is 10.4. The minimum Gasteiger partial charge on any atom is -0.306 e. The van der Waals surface area contributed by atoms with Crippen molar-refractivity contribution >= 4 is 11.0 Å². The Hall–Kier alpha value is -1.55. The monoisotopic (exact) mass is 231 g/mol. The summed E-state index contributed by atoms with van der Waals surface area (Å²) < 4.78 is 1.87. The van der Waals surface area contributed by atoms with Gasteiger partial charge in [-0.1, -0.05) is 6.07 Å². The highest BCUT2D eigenvalue weighted by atomic mass is 16.1. The van der Waals surface area contributed by atoms with Crippen LogP contribution in [0.15, 0.2) is 16.9 Å². The number of aromatic amines is 1. The lowest BCUT2D eigenvalue weighted by Gasteiger charge is -2.29. The maximum absolute atomic E-state index is 11.9. The molecule has 90 valence electrons. The highest BCUT2D eigenvalue weighted by molar-refractivity contribution is 5.80. The number of likely N-dealkylation sites (N-methyl/N-ethyl adjacent to an activating group) is 1. The Balaban J connectivity index is 2.28. The predicted octanol–water partition coefficient (Wildman–Crippen LogP) is 1.12. The number of rotatable bonds is 1. The minimum absolute atomic E-state index is 0.0124. The normalized spacial score (nSPS) is 19.2. The van der Waals surface area contributed by atoms with E-state index in [9.17, 15) is 4.79 Å². The fourth-order valence-corrected chi connectivity index (χ4v) is 2.76. The summed E-state index contributed by atoms with van der Waals surface area (Å²) in [5.41, 5.74) is 4.57. The summed E-state index contributed by atoms with van der Waals surface area (Å²) in [5.74, 6) is 0. The van der Waals surface area contributed by atoms with E-state index in [2.05, 4.69) is 37.0 Å². The van der Waals surface area contributed by atoms with E-state index < -0.39 is 0 Å². The van der Waals surface area contributed by atoms with Crippen LogP contribution in [0.25, 0.3) is 11.0 Å². The van der Waals surface area contributed by atoms with Gasteiger partial charge in [-0.15, -0.1) is 0 Å². The van der Waals surface area contributed by atoms with Crippen LogP contribution in [0, 0.1) is 6.92 Å². The van der Waals surface area contributed by atoms with Crippen molar-refractivity contribution in [2.45, 2.75) is 25.9 Å². The fourth-order valence-electron chi connectivity index (χ4n) is 2.76. The standard InChI is InChI=1S/C13H17N3O/c1-8-4-9-6-10(15(2)3)7-16-12(9)11(5-8)14-13(16)17/h4-5,10H,6-7H2,1-3H3,(H,14,17). The number of H-pyrrole nitrogens is 1. The zero-order valence-electron chi connectivity index (χ0n) is 10.4. The minimum atomic E-state index is 0.0124. The molecule has 1 aromatic heterocycles. The van der Waals surface area contributed by atoms with E-state index >= 15 is 0 Å². The smallest absolute Gasteiger partial charge is 0.306 e. The quantitative estimate of drug-likeness (QED) is 0.799. The molecule has 1 N–H and O–H groups in total. The third kappa shape index (κ3) is 1.52. The Morgan fingerprint density at radius 3 is 2.88 bits per heavy atom. The molecule has 0 bridgehead atoms. The van der Waals surface area contributed by atoms with E-state index in [-0.39, 0.29) is 5.69 Å². The molecule has 0 radical (unpaired) electrons. The summed E-state index contributed by atoms with van der Waals surface area (Å²) in [5, 5.41) is 0. The molecule has 1 aromatic carbocycles. The number of benzene rings is 1. The molecular weight excluding hydrogens is 214 g/mol. The Kier molecular flexibility index (Phi) is 2.16. The second-order valence-electron chi connectivity index (χ2n) is 5.18. The van der Waals surface area contributed by atoms with Gasteiger partial charge >= 0.3 is 5.69 Å². The van der Waals surface area contributed by atoms with E-state index in [1.165, 1.54) is 11.1 Å². The molecule has 1 atom stereocenters. The first-order valence-corrected chi connectivity index (χ1v) is 5.94. The van der Waals surface area contributed by atoms with Crippen molar-refractivity contribution in [1.82, 2.24) is 14.5 Å².